The van der Waals surface area contributed by atoms with Gasteiger partial charge in [-0.3, -0.25) is 14.6 Å². The van der Waals surface area contributed by atoms with Gasteiger partial charge in [0.25, 0.3) is 5.56 Å². The summed E-state index contributed by atoms with van der Waals surface area (Å²) < 4.78 is 1.75. The number of H-pyrrole nitrogens is 1. The third kappa shape index (κ3) is 3.31. The number of rotatable bonds is 2. The second-order valence-electron chi connectivity index (χ2n) is 7.34. The van der Waals surface area contributed by atoms with E-state index in [0.29, 0.717) is 43.3 Å². The van der Waals surface area contributed by atoms with Crippen LogP contribution in [0.5, 0.6) is 0 Å². The Morgan fingerprint density at radius 1 is 1.19 bits per heavy atom. The Morgan fingerprint density at radius 3 is 2.81 bits per heavy atom. The van der Waals surface area contributed by atoms with Gasteiger partial charge in [-0.25, -0.2) is 9.67 Å². The lowest BCUT2D eigenvalue weighted by Gasteiger charge is -2.24. The average molecular weight is 372 g/mol. The van der Waals surface area contributed by atoms with E-state index in [1.54, 1.807) is 9.58 Å². The summed E-state index contributed by atoms with van der Waals surface area (Å²) >= 11 is 0. The van der Waals surface area contributed by atoms with Gasteiger partial charge in [0, 0.05) is 45.7 Å². The number of fused-ring (bicyclic) bond motifs is 2. The molecule has 10 heteroatoms. The van der Waals surface area contributed by atoms with Crippen molar-refractivity contribution in [3.63, 3.8) is 0 Å². The van der Waals surface area contributed by atoms with Crippen LogP contribution in [0.3, 0.4) is 0 Å². The van der Waals surface area contributed by atoms with E-state index < -0.39 is 0 Å². The van der Waals surface area contributed by atoms with Crippen molar-refractivity contribution in [1.82, 2.24) is 35.1 Å². The maximum atomic E-state index is 13.2. The fraction of sp³-hybridized carbons (Fsp3) is 0.647. The van der Waals surface area contributed by atoms with Crippen LogP contribution in [0.15, 0.2) is 4.79 Å². The van der Waals surface area contributed by atoms with Gasteiger partial charge < -0.3 is 9.80 Å². The summed E-state index contributed by atoms with van der Waals surface area (Å²) in [4.78, 5) is 36.7. The number of carbonyl (C=O) groups excluding carboxylic acids is 1. The monoisotopic (exact) mass is 372 g/mol. The molecular weight excluding hydrogens is 348 g/mol. The van der Waals surface area contributed by atoms with Gasteiger partial charge in [-0.1, -0.05) is 6.42 Å². The third-order valence-corrected chi connectivity index (χ3v) is 5.36. The van der Waals surface area contributed by atoms with Crippen LogP contribution in [0.25, 0.3) is 0 Å². The van der Waals surface area contributed by atoms with Crippen LogP contribution in [-0.2, 0) is 24.2 Å². The zero-order chi connectivity index (χ0) is 19.0. The average Bonchev–Trinajstić information content (AvgIpc) is 2.88. The molecule has 0 unspecified atom stereocenters. The van der Waals surface area contributed by atoms with E-state index in [9.17, 15) is 9.59 Å². The van der Waals surface area contributed by atoms with Crippen LogP contribution >= 0.6 is 0 Å². The van der Waals surface area contributed by atoms with E-state index in [2.05, 4.69) is 25.5 Å². The van der Waals surface area contributed by atoms with Gasteiger partial charge in [0.1, 0.15) is 0 Å². The van der Waals surface area contributed by atoms with Gasteiger partial charge in [0.15, 0.2) is 5.82 Å². The van der Waals surface area contributed by atoms with E-state index >= 15 is 0 Å². The Bertz CT molecular complexity index is 903. The van der Waals surface area contributed by atoms with Gasteiger partial charge >= 0.3 is 0 Å². The van der Waals surface area contributed by atoms with Crippen molar-refractivity contribution in [2.45, 2.75) is 44.6 Å². The molecular formula is C17H24N8O2. The molecule has 10 nitrogen and oxygen atoms in total. The molecule has 0 aliphatic carbocycles. The summed E-state index contributed by atoms with van der Waals surface area (Å²) in [5.41, 5.74) is 1.35. The molecule has 0 spiro atoms. The summed E-state index contributed by atoms with van der Waals surface area (Å²) in [6.45, 7) is 1.81. The van der Waals surface area contributed by atoms with Gasteiger partial charge in [0.05, 0.1) is 11.6 Å². The van der Waals surface area contributed by atoms with Crippen LogP contribution < -0.4 is 10.5 Å². The molecule has 0 saturated carbocycles. The molecule has 2 aromatic heterocycles. The van der Waals surface area contributed by atoms with Crippen molar-refractivity contribution in [2.24, 2.45) is 0 Å². The number of tetrazole rings is 1. The van der Waals surface area contributed by atoms with Crippen molar-refractivity contribution >= 4 is 11.9 Å². The first-order valence-electron chi connectivity index (χ1n) is 9.39. The lowest BCUT2D eigenvalue weighted by atomic mass is 10.0. The molecule has 1 amide bonds. The van der Waals surface area contributed by atoms with Crippen LogP contribution in [0.2, 0.25) is 0 Å². The summed E-state index contributed by atoms with van der Waals surface area (Å²) in [6.07, 6.45) is 3.77. The zero-order valence-electron chi connectivity index (χ0n) is 15.7. The summed E-state index contributed by atoms with van der Waals surface area (Å²) in [6, 6.07) is 0. The molecule has 1 atom stereocenters. The number of aryl methyl sites for hydroxylation is 1. The van der Waals surface area contributed by atoms with Crippen molar-refractivity contribution in [3.05, 3.63) is 27.4 Å². The molecule has 27 heavy (non-hydrogen) atoms. The van der Waals surface area contributed by atoms with Crippen LogP contribution in [0.1, 0.15) is 42.3 Å². The standard InChI is InChI=1S/C17H24N8O2/c1-23(2)17-18-13-7-10-24(9-6-11(13)15(26)19-17)16(27)12-5-3-4-8-25-14(12)20-21-22-25/h12H,3-10H2,1-2H3,(H,18,19,26)/t12-/m0/s1. The quantitative estimate of drug-likeness (QED) is 0.771. The molecule has 0 fully saturated rings. The summed E-state index contributed by atoms with van der Waals surface area (Å²) in [7, 11) is 3.68. The Balaban J connectivity index is 1.56. The lowest BCUT2D eigenvalue weighted by molar-refractivity contribution is -0.133. The van der Waals surface area contributed by atoms with Crippen molar-refractivity contribution in [2.75, 3.05) is 32.1 Å². The summed E-state index contributed by atoms with van der Waals surface area (Å²) in [5, 5.41) is 11.9. The number of amides is 1. The Morgan fingerprint density at radius 2 is 2.00 bits per heavy atom. The van der Waals surface area contributed by atoms with Crippen LogP contribution in [-0.4, -0.2) is 68.2 Å². The van der Waals surface area contributed by atoms with Crippen LogP contribution in [0, 0.1) is 0 Å². The molecule has 1 N–H and O–H groups in total. The molecule has 0 bridgehead atoms. The topological polar surface area (TPSA) is 113 Å². The number of nitrogens with zero attached hydrogens (tertiary/aromatic N) is 7. The number of hydrogen-bond acceptors (Lipinski definition) is 7. The molecule has 2 aromatic rings. The summed E-state index contributed by atoms with van der Waals surface area (Å²) in [5.74, 6) is 0.934. The highest BCUT2D eigenvalue weighted by Crippen LogP contribution is 2.27. The second-order valence-corrected chi connectivity index (χ2v) is 7.34. The van der Waals surface area contributed by atoms with Gasteiger partial charge in [0.2, 0.25) is 11.9 Å². The lowest BCUT2D eigenvalue weighted by Crippen LogP contribution is -2.37. The number of aromatic nitrogens is 6. The highest BCUT2D eigenvalue weighted by atomic mass is 16.2. The molecule has 0 radical (unpaired) electrons. The van der Waals surface area contributed by atoms with E-state index in [1.807, 2.05) is 19.0 Å². The fourth-order valence-corrected chi connectivity index (χ4v) is 3.84. The van der Waals surface area contributed by atoms with Gasteiger partial charge in [-0.2, -0.15) is 0 Å². The molecule has 2 aliphatic rings. The SMILES string of the molecule is CN(C)c1nc2c(c(=O)[nH]1)CCN(C(=O)[C@H]1CCCCn3nnnc31)CC2. The maximum Gasteiger partial charge on any atom is 0.255 e. The smallest absolute Gasteiger partial charge is 0.255 e. The first-order chi connectivity index (χ1) is 13.0. The van der Waals surface area contributed by atoms with Crippen LogP contribution in [0.4, 0.5) is 5.95 Å². The highest BCUT2D eigenvalue weighted by Gasteiger charge is 2.33. The number of aromatic amines is 1. The van der Waals surface area contributed by atoms with Crippen molar-refractivity contribution in [3.8, 4) is 0 Å². The number of carbonyl (C=O) groups is 1. The van der Waals surface area contributed by atoms with Crippen molar-refractivity contribution < 1.29 is 4.79 Å². The Kier molecular flexibility index (Phi) is 4.63. The molecule has 0 saturated heterocycles. The first kappa shape index (κ1) is 17.6. The molecule has 4 rings (SSSR count). The molecule has 144 valence electrons. The molecule has 0 aromatic carbocycles. The predicted octanol–water partition coefficient (Wildman–Crippen LogP) is -0.283. The maximum absolute atomic E-state index is 13.2. The third-order valence-electron chi connectivity index (χ3n) is 5.36. The number of hydrogen-bond donors (Lipinski definition) is 1. The Labute approximate surface area is 156 Å². The molecule has 4 heterocycles. The predicted molar refractivity (Wildman–Crippen MR) is 97.6 cm³/mol. The van der Waals surface area contributed by atoms with Gasteiger partial charge in [-0.15, -0.1) is 5.10 Å². The number of nitrogens with one attached hydrogen (secondary N) is 1. The fourth-order valence-electron chi connectivity index (χ4n) is 3.84. The first-order valence-corrected chi connectivity index (χ1v) is 9.39. The normalized spacial score (nSPS) is 19.6. The largest absolute Gasteiger partial charge is 0.348 e. The van der Waals surface area contributed by atoms with E-state index in [1.165, 1.54) is 0 Å². The van der Waals surface area contributed by atoms with Gasteiger partial charge in [-0.05, 0) is 29.7 Å². The van der Waals surface area contributed by atoms with E-state index in [0.717, 1.165) is 31.5 Å². The van der Waals surface area contributed by atoms with Crippen molar-refractivity contribution in [1.29, 1.82) is 0 Å². The number of anilines is 1. The van der Waals surface area contributed by atoms with E-state index in [-0.39, 0.29) is 17.4 Å². The molecule has 2 aliphatic heterocycles. The highest BCUT2D eigenvalue weighted by molar-refractivity contribution is 5.83. The minimum absolute atomic E-state index is 0.0463. The zero-order valence-corrected chi connectivity index (χ0v) is 15.7. The minimum Gasteiger partial charge on any atom is -0.348 e. The van der Waals surface area contributed by atoms with E-state index in [4.69, 9.17) is 0 Å². The Hall–Kier alpha value is -2.78. The second kappa shape index (κ2) is 7.09. The minimum atomic E-state index is -0.313.